The van der Waals surface area contributed by atoms with Crippen LogP contribution in [0.4, 0.5) is 23.5 Å². The van der Waals surface area contributed by atoms with Crippen LogP contribution in [0.5, 0.6) is 0 Å². The molecule has 4 rings (SSSR count). The van der Waals surface area contributed by atoms with Gasteiger partial charge in [-0.2, -0.15) is 13.2 Å². The molecule has 162 valence electrons. The van der Waals surface area contributed by atoms with Gasteiger partial charge >= 0.3 is 6.18 Å². The van der Waals surface area contributed by atoms with Gasteiger partial charge in [0.25, 0.3) is 0 Å². The Balaban J connectivity index is 1.46. The van der Waals surface area contributed by atoms with Gasteiger partial charge in [-0.1, -0.05) is 42.5 Å². The third-order valence-corrected chi connectivity index (χ3v) is 5.57. The van der Waals surface area contributed by atoms with E-state index in [0.717, 1.165) is 37.6 Å². The number of aromatic nitrogens is 2. The van der Waals surface area contributed by atoms with E-state index < -0.39 is 11.7 Å². The van der Waals surface area contributed by atoms with Crippen molar-refractivity contribution in [3.63, 3.8) is 0 Å². The van der Waals surface area contributed by atoms with Gasteiger partial charge in [-0.05, 0) is 29.2 Å². The number of nitrogens with zero attached hydrogens (tertiary/aromatic N) is 3. The van der Waals surface area contributed by atoms with E-state index >= 15 is 0 Å². The zero-order valence-electron chi connectivity index (χ0n) is 16.7. The lowest BCUT2D eigenvalue weighted by Crippen LogP contribution is -2.23. The fourth-order valence-corrected chi connectivity index (χ4v) is 4.01. The highest BCUT2D eigenvalue weighted by atomic mass is 19.4. The zero-order valence-corrected chi connectivity index (χ0v) is 16.7. The van der Waals surface area contributed by atoms with E-state index in [4.69, 9.17) is 0 Å². The number of nitrogens with one attached hydrogen (secondary N) is 1. The average Bonchev–Trinajstić information content (AvgIpc) is 3.16. The second-order valence-corrected chi connectivity index (χ2v) is 7.77. The number of halogens is 4. The van der Waals surface area contributed by atoms with Crippen LogP contribution in [0, 0.1) is 11.7 Å². The Morgan fingerprint density at radius 2 is 1.61 bits per heavy atom. The molecular formula is C23H22F4N4. The van der Waals surface area contributed by atoms with Crippen molar-refractivity contribution in [2.45, 2.75) is 18.6 Å². The summed E-state index contributed by atoms with van der Waals surface area (Å²) in [7, 11) is 0. The van der Waals surface area contributed by atoms with E-state index in [9.17, 15) is 17.6 Å². The largest absolute Gasteiger partial charge is 0.419 e. The number of rotatable bonds is 6. The highest BCUT2D eigenvalue weighted by Crippen LogP contribution is 2.34. The number of hydrogen-bond acceptors (Lipinski definition) is 4. The van der Waals surface area contributed by atoms with Gasteiger partial charge in [0.1, 0.15) is 5.82 Å². The molecule has 0 bridgehead atoms. The Kier molecular flexibility index (Phi) is 6.18. The molecular weight excluding hydrogens is 408 g/mol. The number of anilines is 1. The summed E-state index contributed by atoms with van der Waals surface area (Å²) in [5, 5.41) is 3.07. The summed E-state index contributed by atoms with van der Waals surface area (Å²) in [6.45, 7) is 2.90. The van der Waals surface area contributed by atoms with E-state index in [0.29, 0.717) is 6.54 Å². The van der Waals surface area contributed by atoms with Gasteiger partial charge in [-0.25, -0.2) is 14.4 Å². The van der Waals surface area contributed by atoms with Gasteiger partial charge in [0, 0.05) is 44.5 Å². The molecule has 2 unspecified atom stereocenters. The highest BCUT2D eigenvalue weighted by molar-refractivity contribution is 5.28. The molecule has 1 saturated heterocycles. The molecule has 1 aromatic heterocycles. The predicted molar refractivity (Wildman–Crippen MR) is 110 cm³/mol. The number of likely N-dealkylation sites (tertiary alicyclic amines) is 1. The van der Waals surface area contributed by atoms with E-state index in [1.54, 1.807) is 12.1 Å². The fraction of sp³-hybridized carbons (Fsp3) is 0.304. The summed E-state index contributed by atoms with van der Waals surface area (Å²) in [5.41, 5.74) is 1.37. The van der Waals surface area contributed by atoms with Crippen molar-refractivity contribution in [1.29, 1.82) is 0 Å². The molecule has 31 heavy (non-hydrogen) atoms. The molecule has 0 spiro atoms. The smallest absolute Gasteiger partial charge is 0.354 e. The molecule has 4 nitrogen and oxygen atoms in total. The van der Waals surface area contributed by atoms with Crippen LogP contribution in [-0.2, 0) is 12.7 Å². The van der Waals surface area contributed by atoms with Crippen molar-refractivity contribution in [3.8, 4) is 0 Å². The first-order valence-electron chi connectivity index (χ1n) is 10.0. The molecule has 1 aliphatic heterocycles. The minimum atomic E-state index is -4.46. The Morgan fingerprint density at radius 1 is 0.935 bits per heavy atom. The van der Waals surface area contributed by atoms with Crippen molar-refractivity contribution in [1.82, 2.24) is 14.9 Å². The van der Waals surface area contributed by atoms with Crippen LogP contribution in [0.25, 0.3) is 0 Å². The zero-order chi connectivity index (χ0) is 21.8. The first kappa shape index (κ1) is 21.2. The summed E-state index contributed by atoms with van der Waals surface area (Å²) in [4.78, 5) is 9.93. The normalized spacial score (nSPS) is 19.5. The molecule has 1 aliphatic rings. The van der Waals surface area contributed by atoms with Crippen LogP contribution in [0.1, 0.15) is 22.6 Å². The Bertz CT molecular complexity index is 975. The van der Waals surface area contributed by atoms with Crippen molar-refractivity contribution in [3.05, 3.63) is 89.5 Å². The minimum absolute atomic E-state index is 0.159. The topological polar surface area (TPSA) is 41.0 Å². The monoisotopic (exact) mass is 430 g/mol. The molecule has 0 aliphatic carbocycles. The molecule has 1 fully saturated rings. The average molecular weight is 430 g/mol. The predicted octanol–water partition coefficient (Wildman–Crippen LogP) is 4.96. The maximum Gasteiger partial charge on any atom is 0.419 e. The van der Waals surface area contributed by atoms with Crippen LogP contribution in [0.3, 0.4) is 0 Å². The van der Waals surface area contributed by atoms with Gasteiger partial charge in [-0.3, -0.25) is 4.90 Å². The number of benzene rings is 2. The second-order valence-electron chi connectivity index (χ2n) is 7.77. The fourth-order valence-electron chi connectivity index (χ4n) is 4.01. The molecule has 0 radical (unpaired) electrons. The van der Waals surface area contributed by atoms with E-state index in [1.807, 2.05) is 18.2 Å². The molecule has 0 amide bonds. The van der Waals surface area contributed by atoms with Gasteiger partial charge < -0.3 is 5.32 Å². The third kappa shape index (κ3) is 5.38. The first-order valence-corrected chi connectivity index (χ1v) is 10.0. The van der Waals surface area contributed by atoms with Crippen LogP contribution in [0.2, 0.25) is 0 Å². The summed E-state index contributed by atoms with van der Waals surface area (Å²) in [6.07, 6.45) is -2.90. The molecule has 1 N–H and O–H groups in total. The third-order valence-electron chi connectivity index (χ3n) is 5.57. The van der Waals surface area contributed by atoms with Crippen LogP contribution < -0.4 is 5.32 Å². The molecule has 2 atom stereocenters. The lowest BCUT2D eigenvalue weighted by molar-refractivity contribution is -0.138. The molecule has 8 heteroatoms. The minimum Gasteiger partial charge on any atom is -0.354 e. The van der Waals surface area contributed by atoms with Crippen LogP contribution >= 0.6 is 0 Å². The Hall–Kier alpha value is -3.00. The molecule has 0 saturated carbocycles. The standard InChI is InChI=1S/C23H22F4N4/c24-20-8-6-17(7-9-20)21-15-31(13-16-4-2-1-3-5-16)14-18(21)10-28-22-29-11-19(12-30-22)23(25,26)27/h1-9,11-12,18,21H,10,13-15H2,(H,28,29,30). The highest BCUT2D eigenvalue weighted by Gasteiger charge is 2.34. The van der Waals surface area contributed by atoms with Gasteiger partial charge in [0.05, 0.1) is 5.56 Å². The van der Waals surface area contributed by atoms with Gasteiger partial charge in [0.2, 0.25) is 5.95 Å². The lowest BCUT2D eigenvalue weighted by Gasteiger charge is -2.19. The number of alkyl halides is 3. The number of hydrogen-bond donors (Lipinski definition) is 1. The second kappa shape index (κ2) is 9.01. The van der Waals surface area contributed by atoms with Gasteiger partial charge in [-0.15, -0.1) is 0 Å². The molecule has 2 heterocycles. The summed E-state index contributed by atoms with van der Waals surface area (Å²) in [5.74, 6) is 0.203. The molecule has 3 aromatic rings. The SMILES string of the molecule is Fc1ccc(C2CN(Cc3ccccc3)CC2CNc2ncc(C(F)(F)F)cn2)cc1. The van der Waals surface area contributed by atoms with Crippen molar-refractivity contribution < 1.29 is 17.6 Å². The van der Waals surface area contributed by atoms with Crippen molar-refractivity contribution in [2.24, 2.45) is 5.92 Å². The maximum absolute atomic E-state index is 13.4. The lowest BCUT2D eigenvalue weighted by atomic mass is 9.89. The van der Waals surface area contributed by atoms with E-state index in [1.165, 1.54) is 17.7 Å². The van der Waals surface area contributed by atoms with Crippen LogP contribution in [-0.4, -0.2) is 34.5 Å². The van der Waals surface area contributed by atoms with Crippen LogP contribution in [0.15, 0.2) is 67.0 Å². The van der Waals surface area contributed by atoms with E-state index in [2.05, 4.69) is 32.3 Å². The van der Waals surface area contributed by atoms with Crippen molar-refractivity contribution in [2.75, 3.05) is 25.0 Å². The van der Waals surface area contributed by atoms with E-state index in [-0.39, 0.29) is 23.6 Å². The van der Waals surface area contributed by atoms with Gasteiger partial charge in [0.15, 0.2) is 0 Å². The summed E-state index contributed by atoms with van der Waals surface area (Å²) >= 11 is 0. The molecule has 2 aromatic carbocycles. The Morgan fingerprint density at radius 3 is 2.26 bits per heavy atom. The quantitative estimate of drug-likeness (QED) is 0.561. The Labute approximate surface area is 178 Å². The summed E-state index contributed by atoms with van der Waals surface area (Å²) < 4.78 is 51.5. The summed E-state index contributed by atoms with van der Waals surface area (Å²) in [6, 6.07) is 16.7. The maximum atomic E-state index is 13.4. The first-order chi connectivity index (χ1) is 14.9. The van der Waals surface area contributed by atoms with Crippen molar-refractivity contribution >= 4 is 5.95 Å².